The van der Waals surface area contributed by atoms with E-state index in [-0.39, 0.29) is 11.8 Å². The lowest BCUT2D eigenvalue weighted by Crippen LogP contribution is -2.45. The molecule has 0 bridgehead atoms. The van der Waals surface area contributed by atoms with Crippen molar-refractivity contribution in [3.63, 3.8) is 0 Å². The molecule has 0 aromatic heterocycles. The van der Waals surface area contributed by atoms with Gasteiger partial charge in [-0.25, -0.2) is 0 Å². The number of aromatic hydroxyl groups is 1. The maximum atomic E-state index is 10.1. The summed E-state index contributed by atoms with van der Waals surface area (Å²) >= 11 is 3.58. The topological polar surface area (TPSA) is 54.0 Å². The van der Waals surface area contributed by atoms with E-state index in [0.29, 0.717) is 5.75 Å². The zero-order valence-electron chi connectivity index (χ0n) is 14.5. The number of methoxy groups -OCH3 is 2. The molecule has 1 aliphatic heterocycles. The van der Waals surface area contributed by atoms with Gasteiger partial charge in [0, 0.05) is 42.3 Å². The molecule has 1 atom stereocenters. The molecule has 1 saturated heterocycles. The summed E-state index contributed by atoms with van der Waals surface area (Å²) in [5.41, 5.74) is 2.21. The van der Waals surface area contributed by atoms with Crippen molar-refractivity contribution in [2.45, 2.75) is 12.6 Å². The van der Waals surface area contributed by atoms with Crippen LogP contribution < -0.4 is 14.8 Å². The number of phenols is 1. The lowest BCUT2D eigenvalue weighted by molar-refractivity contribution is 0.191. The highest BCUT2D eigenvalue weighted by Crippen LogP contribution is 2.34. The Morgan fingerprint density at radius 2 is 1.96 bits per heavy atom. The predicted molar refractivity (Wildman–Crippen MR) is 101 cm³/mol. The Morgan fingerprint density at radius 3 is 2.72 bits per heavy atom. The number of halogens is 1. The van der Waals surface area contributed by atoms with Crippen LogP contribution in [0.2, 0.25) is 0 Å². The number of rotatable bonds is 5. The fourth-order valence-corrected chi connectivity index (χ4v) is 3.68. The van der Waals surface area contributed by atoms with Gasteiger partial charge >= 0.3 is 0 Å². The number of hydrogen-bond donors (Lipinski definition) is 2. The number of para-hydroxylation sites is 1. The van der Waals surface area contributed by atoms with Gasteiger partial charge in [-0.2, -0.15) is 0 Å². The first-order valence-electron chi connectivity index (χ1n) is 8.26. The molecule has 134 valence electrons. The second-order valence-corrected chi connectivity index (χ2v) is 6.95. The number of nitrogens with zero attached hydrogens (tertiary/aromatic N) is 1. The van der Waals surface area contributed by atoms with Crippen LogP contribution in [0.25, 0.3) is 0 Å². The van der Waals surface area contributed by atoms with Gasteiger partial charge < -0.3 is 19.9 Å². The van der Waals surface area contributed by atoms with E-state index in [1.807, 2.05) is 24.3 Å². The second kappa shape index (κ2) is 8.08. The van der Waals surface area contributed by atoms with E-state index in [4.69, 9.17) is 9.47 Å². The maximum Gasteiger partial charge on any atom is 0.161 e. The van der Waals surface area contributed by atoms with Gasteiger partial charge in [0.25, 0.3) is 0 Å². The third kappa shape index (κ3) is 4.08. The maximum absolute atomic E-state index is 10.1. The van der Waals surface area contributed by atoms with Gasteiger partial charge in [0.05, 0.1) is 14.2 Å². The molecule has 2 N–H and O–H groups in total. The van der Waals surface area contributed by atoms with Gasteiger partial charge in [0.15, 0.2) is 11.5 Å². The standard InChI is InChI=1S/C19H23BrN2O3/c1-24-18-6-4-3-5-14(18)16-12-22(8-7-21-16)11-13-9-17(23)19(25-2)10-15(13)20/h3-6,9-10,16,21,23H,7-8,11-12H2,1-2H3. The van der Waals surface area contributed by atoms with E-state index in [1.54, 1.807) is 20.3 Å². The molecule has 3 rings (SSSR count). The van der Waals surface area contributed by atoms with Gasteiger partial charge in [-0.05, 0) is 23.8 Å². The molecule has 2 aromatic carbocycles. The Hall–Kier alpha value is -1.76. The molecule has 2 aromatic rings. The third-order valence-electron chi connectivity index (χ3n) is 4.52. The van der Waals surface area contributed by atoms with Crippen LogP contribution in [0, 0.1) is 0 Å². The normalized spacial score (nSPS) is 18.1. The fourth-order valence-electron chi connectivity index (χ4n) is 3.23. The van der Waals surface area contributed by atoms with E-state index in [9.17, 15) is 5.11 Å². The third-order valence-corrected chi connectivity index (χ3v) is 5.25. The zero-order chi connectivity index (χ0) is 17.8. The van der Waals surface area contributed by atoms with E-state index in [0.717, 1.165) is 42.0 Å². The number of hydrogen-bond acceptors (Lipinski definition) is 5. The molecular formula is C19H23BrN2O3. The van der Waals surface area contributed by atoms with Crippen LogP contribution in [-0.2, 0) is 6.54 Å². The molecule has 1 fully saturated rings. The van der Waals surface area contributed by atoms with Gasteiger partial charge in [0.2, 0.25) is 0 Å². The van der Waals surface area contributed by atoms with Crippen molar-refractivity contribution in [3.8, 4) is 17.2 Å². The number of nitrogens with one attached hydrogen (secondary N) is 1. The number of phenolic OH excluding ortho intramolecular Hbond substituents is 1. The Kier molecular flexibility index (Phi) is 5.83. The molecule has 0 aliphatic carbocycles. The SMILES string of the molecule is COc1cc(Br)c(CN2CCNC(c3ccccc3OC)C2)cc1O. The summed E-state index contributed by atoms with van der Waals surface area (Å²) in [4.78, 5) is 2.37. The van der Waals surface area contributed by atoms with E-state index in [2.05, 4.69) is 32.2 Å². The van der Waals surface area contributed by atoms with Gasteiger partial charge in [0.1, 0.15) is 5.75 Å². The molecule has 25 heavy (non-hydrogen) atoms. The van der Waals surface area contributed by atoms with E-state index < -0.39 is 0 Å². The average molecular weight is 407 g/mol. The largest absolute Gasteiger partial charge is 0.504 e. The number of benzene rings is 2. The Balaban J connectivity index is 1.75. The molecule has 5 nitrogen and oxygen atoms in total. The summed E-state index contributed by atoms with van der Waals surface area (Å²) in [5.74, 6) is 1.55. The summed E-state index contributed by atoms with van der Waals surface area (Å²) in [6.07, 6.45) is 0. The van der Waals surface area contributed by atoms with Crippen LogP contribution in [0.3, 0.4) is 0 Å². The molecule has 1 unspecified atom stereocenters. The van der Waals surface area contributed by atoms with Crippen molar-refractivity contribution in [2.24, 2.45) is 0 Å². The molecular weight excluding hydrogens is 384 g/mol. The lowest BCUT2D eigenvalue weighted by atomic mass is 10.0. The molecule has 0 radical (unpaired) electrons. The number of piperazine rings is 1. The molecule has 6 heteroatoms. The monoisotopic (exact) mass is 406 g/mol. The first kappa shape index (κ1) is 18.0. The quantitative estimate of drug-likeness (QED) is 0.797. The molecule has 1 aliphatic rings. The summed E-state index contributed by atoms with van der Waals surface area (Å²) in [6, 6.07) is 11.9. The van der Waals surface area contributed by atoms with Crippen LogP contribution in [0.15, 0.2) is 40.9 Å². The van der Waals surface area contributed by atoms with Crippen LogP contribution in [0.1, 0.15) is 17.2 Å². The predicted octanol–water partition coefficient (Wildman–Crippen LogP) is 3.32. The molecule has 0 spiro atoms. The van der Waals surface area contributed by atoms with Crippen LogP contribution in [0.4, 0.5) is 0 Å². The van der Waals surface area contributed by atoms with Gasteiger partial charge in [-0.1, -0.05) is 34.1 Å². The summed E-state index contributed by atoms with van der Waals surface area (Å²) < 4.78 is 11.6. The zero-order valence-corrected chi connectivity index (χ0v) is 16.0. The minimum Gasteiger partial charge on any atom is -0.504 e. The fraction of sp³-hybridized carbons (Fsp3) is 0.368. The van der Waals surface area contributed by atoms with Gasteiger partial charge in [-0.15, -0.1) is 0 Å². The van der Waals surface area contributed by atoms with Crippen LogP contribution in [-0.4, -0.2) is 43.9 Å². The first-order chi connectivity index (χ1) is 12.1. The van der Waals surface area contributed by atoms with E-state index in [1.165, 1.54) is 5.56 Å². The molecule has 1 heterocycles. The van der Waals surface area contributed by atoms with Crippen molar-refractivity contribution in [1.29, 1.82) is 0 Å². The Morgan fingerprint density at radius 1 is 1.20 bits per heavy atom. The van der Waals surface area contributed by atoms with Crippen LogP contribution >= 0.6 is 15.9 Å². The Bertz CT molecular complexity index is 739. The lowest BCUT2D eigenvalue weighted by Gasteiger charge is -2.34. The highest BCUT2D eigenvalue weighted by molar-refractivity contribution is 9.10. The van der Waals surface area contributed by atoms with Crippen molar-refractivity contribution >= 4 is 15.9 Å². The van der Waals surface area contributed by atoms with Crippen molar-refractivity contribution in [3.05, 3.63) is 52.0 Å². The minimum atomic E-state index is 0.164. The second-order valence-electron chi connectivity index (χ2n) is 6.10. The summed E-state index contributed by atoms with van der Waals surface area (Å²) in [6.45, 7) is 3.48. The van der Waals surface area contributed by atoms with E-state index >= 15 is 0 Å². The van der Waals surface area contributed by atoms with Crippen molar-refractivity contribution in [1.82, 2.24) is 10.2 Å². The smallest absolute Gasteiger partial charge is 0.161 e. The molecule has 0 saturated carbocycles. The summed E-state index contributed by atoms with van der Waals surface area (Å²) in [7, 11) is 3.26. The first-order valence-corrected chi connectivity index (χ1v) is 9.05. The highest BCUT2D eigenvalue weighted by atomic mass is 79.9. The summed E-state index contributed by atoms with van der Waals surface area (Å²) in [5, 5.41) is 13.6. The van der Waals surface area contributed by atoms with Crippen LogP contribution in [0.5, 0.6) is 17.2 Å². The highest BCUT2D eigenvalue weighted by Gasteiger charge is 2.24. The minimum absolute atomic E-state index is 0.164. The van der Waals surface area contributed by atoms with Gasteiger partial charge in [-0.3, -0.25) is 4.90 Å². The number of ether oxygens (including phenoxy) is 2. The molecule has 0 amide bonds. The Labute approximate surface area is 156 Å². The van der Waals surface area contributed by atoms with Crippen molar-refractivity contribution < 1.29 is 14.6 Å². The van der Waals surface area contributed by atoms with Crippen molar-refractivity contribution in [2.75, 3.05) is 33.9 Å². The average Bonchev–Trinajstić information content (AvgIpc) is 2.64.